The molecule has 1 aromatic heterocycles. The quantitative estimate of drug-likeness (QED) is 0.901. The summed E-state index contributed by atoms with van der Waals surface area (Å²) < 4.78 is 5.06. The fourth-order valence-electron chi connectivity index (χ4n) is 2.15. The number of aromatic nitrogens is 1. The van der Waals surface area contributed by atoms with Crippen LogP contribution in [-0.2, 0) is 0 Å². The second-order valence-corrected chi connectivity index (χ2v) is 5.01. The largest absolute Gasteiger partial charge is 0.481 e. The minimum atomic E-state index is 0.246. The normalized spacial score (nSPS) is 12.2. The average Bonchev–Trinajstić information content (AvgIpc) is 2.47. The maximum absolute atomic E-state index is 6.38. The van der Waals surface area contributed by atoms with Gasteiger partial charge in [0.05, 0.1) is 7.11 Å². The second-order valence-electron chi connectivity index (χ2n) is 4.60. The van der Waals surface area contributed by atoms with Gasteiger partial charge in [0.15, 0.2) is 0 Å². The van der Waals surface area contributed by atoms with Crippen LogP contribution in [0.3, 0.4) is 0 Å². The number of pyridine rings is 1. The van der Waals surface area contributed by atoms with Gasteiger partial charge in [-0.05, 0) is 36.7 Å². The van der Waals surface area contributed by atoms with E-state index in [9.17, 15) is 0 Å². The van der Waals surface area contributed by atoms with Gasteiger partial charge in [-0.3, -0.25) is 0 Å². The lowest BCUT2D eigenvalue weighted by Crippen LogP contribution is -2.17. The molecule has 3 nitrogen and oxygen atoms in total. The minimum Gasteiger partial charge on any atom is -0.481 e. The Morgan fingerprint density at radius 2 is 2.00 bits per heavy atom. The SMILES string of the molecule is CCNC(C)c1ccc(-c2ccc(OC)nc2)cc1Cl. The third-order valence-corrected chi connectivity index (χ3v) is 3.58. The highest BCUT2D eigenvalue weighted by molar-refractivity contribution is 6.31. The highest BCUT2D eigenvalue weighted by Crippen LogP contribution is 2.29. The molecular weight excluding hydrogens is 272 g/mol. The van der Waals surface area contributed by atoms with Crippen LogP contribution in [0.5, 0.6) is 5.88 Å². The molecular formula is C16H19ClN2O. The van der Waals surface area contributed by atoms with Crippen molar-refractivity contribution in [3.63, 3.8) is 0 Å². The summed E-state index contributed by atoms with van der Waals surface area (Å²) in [5, 5.41) is 4.13. The van der Waals surface area contributed by atoms with Crippen LogP contribution in [0.25, 0.3) is 11.1 Å². The number of ether oxygens (including phenoxy) is 1. The predicted molar refractivity (Wildman–Crippen MR) is 83.3 cm³/mol. The van der Waals surface area contributed by atoms with E-state index in [4.69, 9.17) is 16.3 Å². The highest BCUT2D eigenvalue weighted by Gasteiger charge is 2.10. The van der Waals surface area contributed by atoms with E-state index >= 15 is 0 Å². The monoisotopic (exact) mass is 290 g/mol. The van der Waals surface area contributed by atoms with Gasteiger partial charge in [-0.1, -0.05) is 30.7 Å². The molecule has 1 heterocycles. The first kappa shape index (κ1) is 14.8. The van der Waals surface area contributed by atoms with E-state index < -0.39 is 0 Å². The van der Waals surface area contributed by atoms with Crippen molar-refractivity contribution in [3.8, 4) is 17.0 Å². The molecule has 0 aliphatic carbocycles. The minimum absolute atomic E-state index is 0.246. The first-order chi connectivity index (χ1) is 9.65. The van der Waals surface area contributed by atoms with E-state index in [1.165, 1.54) is 0 Å². The van der Waals surface area contributed by atoms with Crippen LogP contribution in [0.4, 0.5) is 0 Å². The van der Waals surface area contributed by atoms with Crippen molar-refractivity contribution in [1.29, 1.82) is 0 Å². The maximum Gasteiger partial charge on any atom is 0.212 e. The van der Waals surface area contributed by atoms with Gasteiger partial charge in [0.1, 0.15) is 0 Å². The molecule has 0 aliphatic heterocycles. The lowest BCUT2D eigenvalue weighted by molar-refractivity contribution is 0.398. The number of hydrogen-bond donors (Lipinski definition) is 1. The van der Waals surface area contributed by atoms with Crippen LogP contribution in [-0.4, -0.2) is 18.6 Å². The first-order valence-electron chi connectivity index (χ1n) is 6.69. The lowest BCUT2D eigenvalue weighted by atomic mass is 10.0. The van der Waals surface area contributed by atoms with E-state index in [1.807, 2.05) is 18.2 Å². The summed E-state index contributed by atoms with van der Waals surface area (Å²) in [5.41, 5.74) is 3.19. The van der Waals surface area contributed by atoms with Gasteiger partial charge in [0.2, 0.25) is 5.88 Å². The number of rotatable bonds is 5. The van der Waals surface area contributed by atoms with Crippen molar-refractivity contribution in [2.75, 3.05) is 13.7 Å². The first-order valence-corrected chi connectivity index (χ1v) is 7.06. The topological polar surface area (TPSA) is 34.1 Å². The number of nitrogens with one attached hydrogen (secondary N) is 1. The Balaban J connectivity index is 2.27. The van der Waals surface area contributed by atoms with Crippen molar-refractivity contribution in [3.05, 3.63) is 47.1 Å². The fourth-order valence-corrected chi connectivity index (χ4v) is 2.49. The van der Waals surface area contributed by atoms with E-state index in [1.54, 1.807) is 13.3 Å². The van der Waals surface area contributed by atoms with Crippen LogP contribution in [0.1, 0.15) is 25.5 Å². The van der Waals surface area contributed by atoms with E-state index in [0.29, 0.717) is 5.88 Å². The molecule has 20 heavy (non-hydrogen) atoms. The Hall–Kier alpha value is -1.58. The molecule has 0 saturated heterocycles. The molecule has 0 radical (unpaired) electrons. The van der Waals surface area contributed by atoms with Crippen molar-refractivity contribution >= 4 is 11.6 Å². The predicted octanol–water partition coefficient (Wildman–Crippen LogP) is 4.08. The van der Waals surface area contributed by atoms with Crippen LogP contribution in [0.15, 0.2) is 36.5 Å². The zero-order chi connectivity index (χ0) is 14.5. The number of nitrogens with zero attached hydrogens (tertiary/aromatic N) is 1. The Kier molecular flexibility index (Phi) is 4.99. The maximum atomic E-state index is 6.38. The smallest absolute Gasteiger partial charge is 0.212 e. The van der Waals surface area contributed by atoms with Gasteiger partial charge in [-0.15, -0.1) is 0 Å². The number of hydrogen-bond acceptors (Lipinski definition) is 3. The highest BCUT2D eigenvalue weighted by atomic mass is 35.5. The Labute approximate surface area is 124 Å². The summed E-state index contributed by atoms with van der Waals surface area (Å²) in [7, 11) is 1.61. The second kappa shape index (κ2) is 6.73. The van der Waals surface area contributed by atoms with Crippen molar-refractivity contribution in [2.45, 2.75) is 19.9 Å². The molecule has 1 N–H and O–H groups in total. The standard InChI is InChI=1S/C16H19ClN2O/c1-4-18-11(2)14-7-5-12(9-15(14)17)13-6-8-16(20-3)19-10-13/h5-11,18H,4H2,1-3H3. The van der Waals surface area contributed by atoms with Crippen molar-refractivity contribution < 1.29 is 4.74 Å². The fraction of sp³-hybridized carbons (Fsp3) is 0.312. The molecule has 0 bridgehead atoms. The van der Waals surface area contributed by atoms with E-state index in [-0.39, 0.29) is 6.04 Å². The van der Waals surface area contributed by atoms with Crippen LogP contribution in [0.2, 0.25) is 5.02 Å². The summed E-state index contributed by atoms with van der Waals surface area (Å²) in [5.74, 6) is 0.609. The van der Waals surface area contributed by atoms with Gasteiger partial charge >= 0.3 is 0 Å². The Bertz CT molecular complexity index is 569. The molecule has 1 unspecified atom stereocenters. The molecule has 2 rings (SSSR count). The van der Waals surface area contributed by atoms with Gasteiger partial charge in [0, 0.05) is 28.9 Å². The molecule has 1 aromatic carbocycles. The molecule has 106 valence electrons. The third-order valence-electron chi connectivity index (χ3n) is 3.26. The van der Waals surface area contributed by atoms with Crippen LogP contribution in [0, 0.1) is 0 Å². The summed E-state index contributed by atoms with van der Waals surface area (Å²) >= 11 is 6.38. The average molecular weight is 291 g/mol. The van der Waals surface area contributed by atoms with Gasteiger partial charge in [0.25, 0.3) is 0 Å². The molecule has 0 amide bonds. The summed E-state index contributed by atoms with van der Waals surface area (Å²) in [6.07, 6.45) is 1.79. The summed E-state index contributed by atoms with van der Waals surface area (Å²) in [4.78, 5) is 4.21. The number of benzene rings is 1. The number of halogens is 1. The lowest BCUT2D eigenvalue weighted by Gasteiger charge is -2.15. The Morgan fingerprint density at radius 1 is 1.25 bits per heavy atom. The summed E-state index contributed by atoms with van der Waals surface area (Å²) in [6, 6.07) is 10.2. The van der Waals surface area contributed by atoms with Gasteiger partial charge < -0.3 is 10.1 Å². The number of methoxy groups -OCH3 is 1. The van der Waals surface area contributed by atoms with E-state index in [2.05, 4.69) is 36.3 Å². The molecule has 0 aliphatic rings. The molecule has 4 heteroatoms. The molecule has 2 aromatic rings. The van der Waals surface area contributed by atoms with Crippen LogP contribution < -0.4 is 10.1 Å². The molecule has 0 saturated carbocycles. The summed E-state index contributed by atoms with van der Waals surface area (Å²) in [6.45, 7) is 5.11. The third kappa shape index (κ3) is 3.30. The zero-order valence-corrected chi connectivity index (χ0v) is 12.7. The van der Waals surface area contributed by atoms with Gasteiger partial charge in [-0.25, -0.2) is 4.98 Å². The van der Waals surface area contributed by atoms with Gasteiger partial charge in [-0.2, -0.15) is 0 Å². The Morgan fingerprint density at radius 3 is 2.55 bits per heavy atom. The van der Waals surface area contributed by atoms with Crippen LogP contribution >= 0.6 is 11.6 Å². The zero-order valence-electron chi connectivity index (χ0n) is 12.0. The van der Waals surface area contributed by atoms with E-state index in [0.717, 1.165) is 28.3 Å². The molecule has 0 spiro atoms. The molecule has 0 fully saturated rings. The van der Waals surface area contributed by atoms with Crippen molar-refractivity contribution in [2.24, 2.45) is 0 Å². The van der Waals surface area contributed by atoms with Crippen molar-refractivity contribution in [1.82, 2.24) is 10.3 Å². The molecule has 1 atom stereocenters.